The van der Waals surface area contributed by atoms with Gasteiger partial charge in [0, 0.05) is 18.5 Å². The van der Waals surface area contributed by atoms with Gasteiger partial charge in [-0.15, -0.1) is 5.10 Å². The second kappa shape index (κ2) is 9.24. The molecule has 0 bridgehead atoms. The SMILES string of the molecule is CCCCn1c(SCc2ccc(OCc3ccccn3)cc2)n[nH]c1=O. The molecule has 1 aromatic carbocycles. The predicted octanol–water partition coefficient (Wildman–Crippen LogP) is 3.64. The van der Waals surface area contributed by atoms with E-state index in [1.165, 1.54) is 0 Å². The van der Waals surface area contributed by atoms with E-state index in [4.69, 9.17) is 4.74 Å². The van der Waals surface area contributed by atoms with Gasteiger partial charge in [-0.1, -0.05) is 43.3 Å². The molecule has 136 valence electrons. The van der Waals surface area contributed by atoms with Crippen molar-refractivity contribution < 1.29 is 4.74 Å². The largest absolute Gasteiger partial charge is 0.487 e. The van der Waals surface area contributed by atoms with Gasteiger partial charge in [0.25, 0.3) is 0 Å². The van der Waals surface area contributed by atoms with Crippen LogP contribution in [0, 0.1) is 0 Å². The van der Waals surface area contributed by atoms with Crippen LogP contribution in [0.15, 0.2) is 58.6 Å². The van der Waals surface area contributed by atoms with Gasteiger partial charge in [-0.2, -0.15) is 0 Å². The van der Waals surface area contributed by atoms with Crippen molar-refractivity contribution in [3.8, 4) is 5.75 Å². The van der Waals surface area contributed by atoms with Gasteiger partial charge in [0.15, 0.2) is 5.16 Å². The summed E-state index contributed by atoms with van der Waals surface area (Å²) in [5.41, 5.74) is 1.91. The minimum absolute atomic E-state index is 0.140. The van der Waals surface area contributed by atoms with E-state index in [1.54, 1.807) is 22.5 Å². The summed E-state index contributed by atoms with van der Waals surface area (Å²) in [5.74, 6) is 1.56. The first kappa shape index (κ1) is 18.3. The summed E-state index contributed by atoms with van der Waals surface area (Å²) in [6.45, 7) is 3.26. The Balaban J connectivity index is 1.54. The fourth-order valence-corrected chi connectivity index (χ4v) is 3.33. The summed E-state index contributed by atoms with van der Waals surface area (Å²) in [4.78, 5) is 16.0. The monoisotopic (exact) mass is 370 g/mol. The third-order valence-electron chi connectivity index (χ3n) is 3.86. The summed E-state index contributed by atoms with van der Waals surface area (Å²) in [7, 11) is 0. The quantitative estimate of drug-likeness (QED) is 0.582. The molecule has 3 aromatic rings. The molecule has 26 heavy (non-hydrogen) atoms. The van der Waals surface area contributed by atoms with Crippen LogP contribution in [0.1, 0.15) is 31.0 Å². The zero-order valence-corrected chi connectivity index (χ0v) is 15.5. The molecule has 0 aliphatic rings. The highest BCUT2D eigenvalue weighted by Crippen LogP contribution is 2.22. The van der Waals surface area contributed by atoms with Gasteiger partial charge in [0.2, 0.25) is 0 Å². The lowest BCUT2D eigenvalue weighted by atomic mass is 10.2. The highest BCUT2D eigenvalue weighted by atomic mass is 32.2. The number of nitrogens with one attached hydrogen (secondary N) is 1. The summed E-state index contributed by atoms with van der Waals surface area (Å²) >= 11 is 1.56. The molecule has 0 saturated carbocycles. The molecule has 2 heterocycles. The van der Waals surface area contributed by atoms with Crippen LogP contribution in [0.3, 0.4) is 0 Å². The molecule has 1 N–H and O–H groups in total. The average molecular weight is 370 g/mol. The van der Waals surface area contributed by atoms with Crippen molar-refractivity contribution >= 4 is 11.8 Å². The Bertz CT molecular complexity index is 859. The molecule has 7 heteroatoms. The standard InChI is InChI=1S/C19H22N4O2S/c1-2-3-12-23-18(24)21-22-19(23)26-14-15-7-9-17(10-8-15)25-13-16-6-4-5-11-20-16/h4-11H,2-3,12-14H2,1H3,(H,21,24). The molecule has 6 nitrogen and oxygen atoms in total. The molecule has 0 unspecified atom stereocenters. The number of ether oxygens (including phenoxy) is 1. The van der Waals surface area contributed by atoms with Crippen molar-refractivity contribution in [2.45, 2.75) is 43.8 Å². The Kier molecular flexibility index (Phi) is 6.49. The number of benzene rings is 1. The van der Waals surface area contributed by atoms with Crippen LogP contribution < -0.4 is 10.4 Å². The van der Waals surface area contributed by atoms with Gasteiger partial charge >= 0.3 is 5.69 Å². The van der Waals surface area contributed by atoms with E-state index < -0.39 is 0 Å². The summed E-state index contributed by atoms with van der Waals surface area (Å²) in [5, 5.41) is 7.39. The van der Waals surface area contributed by atoms with E-state index in [2.05, 4.69) is 22.1 Å². The predicted molar refractivity (Wildman–Crippen MR) is 102 cm³/mol. The fourth-order valence-electron chi connectivity index (χ4n) is 2.40. The Morgan fingerprint density at radius 1 is 1.19 bits per heavy atom. The van der Waals surface area contributed by atoms with E-state index in [-0.39, 0.29) is 5.69 Å². The lowest BCUT2D eigenvalue weighted by Gasteiger charge is -2.07. The van der Waals surface area contributed by atoms with Crippen molar-refractivity contribution in [3.05, 3.63) is 70.4 Å². The second-order valence-corrected chi connectivity index (χ2v) is 6.80. The number of nitrogens with zero attached hydrogens (tertiary/aromatic N) is 3. The Morgan fingerprint density at radius 3 is 2.77 bits per heavy atom. The highest BCUT2D eigenvalue weighted by Gasteiger charge is 2.08. The van der Waals surface area contributed by atoms with Gasteiger partial charge in [-0.3, -0.25) is 9.55 Å². The molecule has 0 aliphatic carbocycles. The van der Waals surface area contributed by atoms with Crippen molar-refractivity contribution in [1.82, 2.24) is 19.7 Å². The number of aromatic amines is 1. The second-order valence-electron chi connectivity index (χ2n) is 5.86. The molecule has 0 atom stereocenters. The van der Waals surface area contributed by atoms with E-state index in [0.717, 1.165) is 40.8 Å². The molecule has 0 fully saturated rings. The van der Waals surface area contributed by atoms with Crippen LogP contribution in [-0.4, -0.2) is 19.7 Å². The molecule has 0 spiro atoms. The summed E-state index contributed by atoms with van der Waals surface area (Å²) in [6, 6.07) is 13.7. The van der Waals surface area contributed by atoms with Gasteiger partial charge in [0.1, 0.15) is 12.4 Å². The van der Waals surface area contributed by atoms with E-state index in [1.807, 2.05) is 42.5 Å². The Morgan fingerprint density at radius 2 is 2.04 bits per heavy atom. The number of pyridine rings is 1. The van der Waals surface area contributed by atoms with Crippen LogP contribution >= 0.6 is 11.8 Å². The Labute approximate surface area is 156 Å². The van der Waals surface area contributed by atoms with Crippen LogP contribution in [-0.2, 0) is 18.9 Å². The molecule has 0 radical (unpaired) electrons. The van der Waals surface area contributed by atoms with Crippen molar-refractivity contribution in [2.75, 3.05) is 0 Å². The molecule has 3 rings (SSSR count). The van der Waals surface area contributed by atoms with Gasteiger partial charge in [0.05, 0.1) is 5.69 Å². The lowest BCUT2D eigenvalue weighted by Crippen LogP contribution is -2.17. The number of hydrogen-bond donors (Lipinski definition) is 1. The maximum Gasteiger partial charge on any atom is 0.343 e. The third kappa shape index (κ3) is 4.98. The molecule has 2 aromatic heterocycles. The van der Waals surface area contributed by atoms with Crippen LogP contribution in [0.5, 0.6) is 5.75 Å². The molecule has 0 aliphatic heterocycles. The normalized spacial score (nSPS) is 10.8. The van der Waals surface area contributed by atoms with Crippen molar-refractivity contribution in [3.63, 3.8) is 0 Å². The van der Waals surface area contributed by atoms with E-state index in [0.29, 0.717) is 13.2 Å². The van der Waals surface area contributed by atoms with Crippen LogP contribution in [0.25, 0.3) is 0 Å². The number of hydrogen-bond acceptors (Lipinski definition) is 5. The van der Waals surface area contributed by atoms with E-state index >= 15 is 0 Å². The third-order valence-corrected chi connectivity index (χ3v) is 4.91. The van der Waals surface area contributed by atoms with Gasteiger partial charge in [-0.05, 0) is 36.2 Å². The minimum Gasteiger partial charge on any atom is -0.487 e. The van der Waals surface area contributed by atoms with Gasteiger partial charge < -0.3 is 4.74 Å². The minimum atomic E-state index is -0.140. The number of unbranched alkanes of at least 4 members (excludes halogenated alkanes) is 1. The van der Waals surface area contributed by atoms with Crippen molar-refractivity contribution in [2.24, 2.45) is 0 Å². The number of aromatic nitrogens is 4. The zero-order chi connectivity index (χ0) is 18.2. The molecular weight excluding hydrogens is 348 g/mol. The maximum atomic E-state index is 11.8. The molecule has 0 amide bonds. The maximum absolute atomic E-state index is 11.8. The molecule has 0 saturated heterocycles. The first-order valence-corrected chi connectivity index (χ1v) is 9.64. The molecular formula is C19H22N4O2S. The topological polar surface area (TPSA) is 72.8 Å². The Hall–Kier alpha value is -2.54. The number of H-pyrrole nitrogens is 1. The number of thioether (sulfide) groups is 1. The van der Waals surface area contributed by atoms with Crippen LogP contribution in [0.2, 0.25) is 0 Å². The lowest BCUT2D eigenvalue weighted by molar-refractivity contribution is 0.301. The summed E-state index contributed by atoms with van der Waals surface area (Å²) < 4.78 is 7.45. The smallest absolute Gasteiger partial charge is 0.343 e. The average Bonchev–Trinajstić information content (AvgIpc) is 3.04. The zero-order valence-electron chi connectivity index (χ0n) is 14.7. The van der Waals surface area contributed by atoms with Crippen molar-refractivity contribution in [1.29, 1.82) is 0 Å². The fraction of sp³-hybridized carbons (Fsp3) is 0.316. The first-order chi connectivity index (χ1) is 12.8. The van der Waals surface area contributed by atoms with Crippen LogP contribution in [0.4, 0.5) is 0 Å². The summed E-state index contributed by atoms with van der Waals surface area (Å²) in [6.07, 6.45) is 3.77. The van der Waals surface area contributed by atoms with E-state index in [9.17, 15) is 4.79 Å². The highest BCUT2D eigenvalue weighted by molar-refractivity contribution is 7.98. The number of rotatable bonds is 9. The first-order valence-electron chi connectivity index (χ1n) is 8.66. The van der Waals surface area contributed by atoms with Gasteiger partial charge in [-0.25, -0.2) is 9.89 Å².